The van der Waals surface area contributed by atoms with E-state index in [1.54, 1.807) is 18.3 Å². The van der Waals surface area contributed by atoms with Gasteiger partial charge in [0, 0.05) is 11.4 Å². The third-order valence-corrected chi connectivity index (χ3v) is 4.54. The first-order valence-corrected chi connectivity index (χ1v) is 7.56. The van der Waals surface area contributed by atoms with E-state index in [1.807, 2.05) is 0 Å². The molecular formula is C14H21NO2S. The van der Waals surface area contributed by atoms with E-state index in [-0.39, 0.29) is 12.0 Å². The number of fused-ring (bicyclic) bond motifs is 1. The molecule has 1 amide bonds. The molecule has 2 N–H and O–H groups in total. The molecule has 0 saturated heterocycles. The Balaban J connectivity index is 1.83. The molecule has 0 aromatic carbocycles. The van der Waals surface area contributed by atoms with Crippen LogP contribution in [0.3, 0.4) is 0 Å². The monoisotopic (exact) mass is 267 g/mol. The summed E-state index contributed by atoms with van der Waals surface area (Å²) in [7, 11) is 0. The van der Waals surface area contributed by atoms with Gasteiger partial charge in [0.2, 0.25) is 0 Å². The quantitative estimate of drug-likeness (QED) is 0.805. The lowest BCUT2D eigenvalue weighted by molar-refractivity contribution is 0.0953. The molecule has 0 radical (unpaired) electrons. The zero-order chi connectivity index (χ0) is 13.0. The van der Waals surface area contributed by atoms with Crippen LogP contribution in [0.5, 0.6) is 0 Å². The van der Waals surface area contributed by atoms with E-state index in [1.165, 1.54) is 23.3 Å². The Morgan fingerprint density at radius 2 is 2.28 bits per heavy atom. The van der Waals surface area contributed by atoms with Gasteiger partial charge >= 0.3 is 0 Å². The average molecular weight is 267 g/mol. The highest BCUT2D eigenvalue weighted by molar-refractivity contribution is 7.14. The van der Waals surface area contributed by atoms with Crippen LogP contribution in [0.15, 0.2) is 6.07 Å². The highest BCUT2D eigenvalue weighted by Crippen LogP contribution is 2.29. The highest BCUT2D eigenvalue weighted by atomic mass is 32.1. The summed E-state index contributed by atoms with van der Waals surface area (Å²) in [5.74, 6) is 0.0417. The number of hydrogen-bond acceptors (Lipinski definition) is 3. The molecule has 1 unspecified atom stereocenters. The molecule has 0 spiro atoms. The Morgan fingerprint density at radius 1 is 1.50 bits per heavy atom. The molecule has 1 aromatic rings. The fraction of sp³-hybridized carbons (Fsp3) is 0.643. The summed E-state index contributed by atoms with van der Waals surface area (Å²) in [5, 5.41) is 12.1. The van der Waals surface area contributed by atoms with E-state index in [2.05, 4.69) is 11.4 Å². The van der Waals surface area contributed by atoms with Gasteiger partial charge in [-0.05, 0) is 57.1 Å². The number of carbonyl (C=O) groups is 1. The Bertz CT molecular complexity index is 388. The molecule has 3 nitrogen and oxygen atoms in total. The van der Waals surface area contributed by atoms with Crippen LogP contribution in [-0.4, -0.2) is 23.7 Å². The second-order valence-corrected chi connectivity index (χ2v) is 6.15. The van der Waals surface area contributed by atoms with E-state index in [4.69, 9.17) is 5.11 Å². The third-order valence-electron chi connectivity index (χ3n) is 3.30. The van der Waals surface area contributed by atoms with Crippen molar-refractivity contribution in [3.8, 4) is 0 Å². The summed E-state index contributed by atoms with van der Waals surface area (Å²) in [6.07, 6.45) is 6.05. The van der Waals surface area contributed by atoms with Gasteiger partial charge in [-0.2, -0.15) is 0 Å². The number of hydrogen-bond donors (Lipinski definition) is 2. The summed E-state index contributed by atoms with van der Waals surface area (Å²) in [4.78, 5) is 14.2. The van der Waals surface area contributed by atoms with Gasteiger partial charge in [0.05, 0.1) is 11.0 Å². The van der Waals surface area contributed by atoms with Crippen LogP contribution in [0.4, 0.5) is 0 Å². The second kappa shape index (κ2) is 6.34. The van der Waals surface area contributed by atoms with E-state index < -0.39 is 0 Å². The van der Waals surface area contributed by atoms with Crippen molar-refractivity contribution in [1.29, 1.82) is 0 Å². The van der Waals surface area contributed by atoms with Crippen molar-refractivity contribution in [2.75, 3.05) is 6.54 Å². The van der Waals surface area contributed by atoms with Crippen molar-refractivity contribution in [1.82, 2.24) is 5.32 Å². The zero-order valence-corrected chi connectivity index (χ0v) is 11.7. The first-order valence-electron chi connectivity index (χ1n) is 6.74. The predicted octanol–water partition coefficient (Wildman–Crippen LogP) is 2.52. The summed E-state index contributed by atoms with van der Waals surface area (Å²) in [5.41, 5.74) is 1.38. The van der Waals surface area contributed by atoms with Gasteiger partial charge in [-0.3, -0.25) is 4.79 Å². The number of thiophene rings is 1. The Morgan fingerprint density at radius 3 is 3.00 bits per heavy atom. The molecule has 1 aliphatic carbocycles. The van der Waals surface area contributed by atoms with Crippen LogP contribution in [0.2, 0.25) is 0 Å². The summed E-state index contributed by atoms with van der Waals surface area (Å²) in [6.45, 7) is 2.42. The van der Waals surface area contributed by atoms with E-state index in [0.29, 0.717) is 6.54 Å². The van der Waals surface area contributed by atoms with Gasteiger partial charge in [-0.25, -0.2) is 0 Å². The van der Waals surface area contributed by atoms with Crippen LogP contribution in [0.25, 0.3) is 0 Å². The van der Waals surface area contributed by atoms with Crippen molar-refractivity contribution < 1.29 is 9.90 Å². The van der Waals surface area contributed by atoms with Gasteiger partial charge in [-0.1, -0.05) is 0 Å². The smallest absolute Gasteiger partial charge is 0.261 e. The number of carbonyl (C=O) groups excluding carboxylic acids is 1. The van der Waals surface area contributed by atoms with Crippen molar-refractivity contribution in [2.45, 2.75) is 51.6 Å². The summed E-state index contributed by atoms with van der Waals surface area (Å²) >= 11 is 1.65. The molecule has 18 heavy (non-hydrogen) atoms. The van der Waals surface area contributed by atoms with Crippen LogP contribution in [-0.2, 0) is 12.8 Å². The third kappa shape index (κ3) is 3.56. The standard InChI is InChI=1S/C14H21NO2S/c1-10(16)5-4-8-15-14(17)13-9-11-6-2-3-7-12(11)18-13/h9-10,16H,2-8H2,1H3,(H,15,17). The Labute approximate surface area is 112 Å². The first kappa shape index (κ1) is 13.6. The minimum Gasteiger partial charge on any atom is -0.393 e. The number of aryl methyl sites for hydroxylation is 2. The topological polar surface area (TPSA) is 49.3 Å². The van der Waals surface area contributed by atoms with Crippen molar-refractivity contribution in [2.24, 2.45) is 0 Å². The van der Waals surface area contributed by atoms with Gasteiger partial charge in [0.1, 0.15) is 0 Å². The van der Waals surface area contributed by atoms with E-state index >= 15 is 0 Å². The molecule has 1 aromatic heterocycles. The maximum Gasteiger partial charge on any atom is 0.261 e. The Hall–Kier alpha value is -0.870. The van der Waals surface area contributed by atoms with Crippen LogP contribution in [0.1, 0.15) is 52.7 Å². The maximum atomic E-state index is 11.9. The number of aliphatic hydroxyl groups is 1. The van der Waals surface area contributed by atoms with E-state index in [0.717, 1.165) is 30.6 Å². The predicted molar refractivity (Wildman–Crippen MR) is 74.2 cm³/mol. The lowest BCUT2D eigenvalue weighted by Crippen LogP contribution is -2.24. The molecule has 0 aliphatic heterocycles. The van der Waals surface area contributed by atoms with Crippen LogP contribution >= 0.6 is 11.3 Å². The lowest BCUT2D eigenvalue weighted by Gasteiger charge is -2.08. The first-order chi connectivity index (χ1) is 8.66. The maximum absolute atomic E-state index is 11.9. The molecule has 1 heterocycles. The molecular weight excluding hydrogens is 246 g/mol. The number of amides is 1. The lowest BCUT2D eigenvalue weighted by atomic mass is 9.99. The second-order valence-electron chi connectivity index (χ2n) is 5.01. The summed E-state index contributed by atoms with van der Waals surface area (Å²) in [6, 6.07) is 2.06. The van der Waals surface area contributed by atoms with Crippen LogP contribution in [0, 0.1) is 0 Å². The number of rotatable bonds is 5. The van der Waals surface area contributed by atoms with Gasteiger partial charge < -0.3 is 10.4 Å². The minimum atomic E-state index is -0.282. The van der Waals surface area contributed by atoms with Crippen molar-refractivity contribution >= 4 is 17.2 Å². The molecule has 1 aliphatic rings. The molecule has 0 bridgehead atoms. The van der Waals surface area contributed by atoms with E-state index in [9.17, 15) is 4.79 Å². The molecule has 0 fully saturated rings. The number of nitrogens with one attached hydrogen (secondary N) is 1. The zero-order valence-electron chi connectivity index (χ0n) is 10.9. The van der Waals surface area contributed by atoms with Crippen LogP contribution < -0.4 is 5.32 Å². The minimum absolute atomic E-state index is 0.0417. The molecule has 2 rings (SSSR count). The molecule has 0 saturated carbocycles. The molecule has 1 atom stereocenters. The Kier molecular flexibility index (Phi) is 4.78. The van der Waals surface area contributed by atoms with Gasteiger partial charge in [0.15, 0.2) is 0 Å². The highest BCUT2D eigenvalue weighted by Gasteiger charge is 2.16. The number of aliphatic hydroxyl groups excluding tert-OH is 1. The van der Waals surface area contributed by atoms with Gasteiger partial charge in [-0.15, -0.1) is 11.3 Å². The molecule has 100 valence electrons. The SMILES string of the molecule is CC(O)CCCNC(=O)c1cc2c(s1)CCCC2. The fourth-order valence-electron chi connectivity index (χ4n) is 2.29. The normalized spacial score (nSPS) is 16.1. The van der Waals surface area contributed by atoms with Gasteiger partial charge in [0.25, 0.3) is 5.91 Å². The summed E-state index contributed by atoms with van der Waals surface area (Å²) < 4.78 is 0. The average Bonchev–Trinajstić information content (AvgIpc) is 2.78. The van der Waals surface area contributed by atoms with Crippen molar-refractivity contribution in [3.63, 3.8) is 0 Å². The molecule has 4 heteroatoms. The van der Waals surface area contributed by atoms with Crippen molar-refractivity contribution in [3.05, 3.63) is 21.4 Å². The fourth-order valence-corrected chi connectivity index (χ4v) is 3.46. The largest absolute Gasteiger partial charge is 0.393 e.